The summed E-state index contributed by atoms with van der Waals surface area (Å²) in [6.45, 7) is 4.95. The lowest BCUT2D eigenvalue weighted by Gasteiger charge is -2.32. The fourth-order valence-electron chi connectivity index (χ4n) is 1.19. The van der Waals surface area contributed by atoms with Crippen LogP contribution in [-0.4, -0.2) is 29.7 Å². The topological polar surface area (TPSA) is 55.6 Å². The first kappa shape index (κ1) is 10.5. The van der Waals surface area contributed by atoms with Gasteiger partial charge in [-0.05, 0) is 26.2 Å². The zero-order valence-electron chi connectivity index (χ0n) is 8.38. The van der Waals surface area contributed by atoms with Gasteiger partial charge in [-0.2, -0.15) is 0 Å². The summed E-state index contributed by atoms with van der Waals surface area (Å²) in [5.74, 6) is -0.102. The Kier molecular flexibility index (Phi) is 3.27. The summed E-state index contributed by atoms with van der Waals surface area (Å²) in [5.41, 5.74) is 5.04. The second-order valence-electron chi connectivity index (χ2n) is 3.72. The van der Waals surface area contributed by atoms with Crippen molar-refractivity contribution in [3.05, 3.63) is 0 Å². The van der Waals surface area contributed by atoms with E-state index >= 15 is 0 Å². The average molecular weight is 186 g/mol. The molecule has 1 saturated heterocycles. The predicted molar refractivity (Wildman–Crippen MR) is 49.8 cm³/mol. The van der Waals surface area contributed by atoms with E-state index in [1.54, 1.807) is 6.92 Å². The average Bonchev–Trinajstić information content (AvgIpc) is 2.18. The van der Waals surface area contributed by atoms with Gasteiger partial charge in [-0.1, -0.05) is 6.92 Å². The normalized spacial score (nSPS) is 22.5. The maximum absolute atomic E-state index is 11.7. The lowest BCUT2D eigenvalue weighted by molar-refractivity contribution is -0.202. The van der Waals surface area contributed by atoms with Crippen LogP contribution in [0.15, 0.2) is 0 Å². The van der Waals surface area contributed by atoms with Gasteiger partial charge >= 0.3 is 0 Å². The maximum Gasteiger partial charge on any atom is 0.265 e. The van der Waals surface area contributed by atoms with E-state index in [1.807, 2.05) is 6.92 Å². The molecule has 4 nitrogen and oxygen atoms in total. The maximum atomic E-state index is 11.7. The molecule has 76 valence electrons. The summed E-state index contributed by atoms with van der Waals surface area (Å²) in [4.78, 5) is 17.0. The Hall–Kier alpha value is -0.610. The second kappa shape index (κ2) is 4.07. The standard InChI is InChI=1S/C9H18N2O2/c1-3-9(2,10)8(12)11-6-4-5-7-13-11/h3-7,10H2,1-2H3. The molecule has 1 amide bonds. The third-order valence-electron chi connectivity index (χ3n) is 2.45. The minimum atomic E-state index is -0.780. The van der Waals surface area contributed by atoms with Gasteiger partial charge in [-0.15, -0.1) is 0 Å². The molecule has 1 rings (SSSR count). The summed E-state index contributed by atoms with van der Waals surface area (Å²) in [5, 5.41) is 1.41. The van der Waals surface area contributed by atoms with E-state index in [9.17, 15) is 4.79 Å². The van der Waals surface area contributed by atoms with Crippen LogP contribution in [0.2, 0.25) is 0 Å². The number of hydroxylamine groups is 2. The number of hydrogen-bond donors (Lipinski definition) is 1. The highest BCUT2D eigenvalue weighted by Crippen LogP contribution is 2.14. The van der Waals surface area contributed by atoms with E-state index in [-0.39, 0.29) is 5.91 Å². The Bertz CT molecular complexity index is 186. The summed E-state index contributed by atoms with van der Waals surface area (Å²) in [6, 6.07) is 0. The van der Waals surface area contributed by atoms with Gasteiger partial charge in [0.2, 0.25) is 0 Å². The number of nitrogens with two attached hydrogens (primary N) is 1. The van der Waals surface area contributed by atoms with Gasteiger partial charge in [0.15, 0.2) is 0 Å². The lowest BCUT2D eigenvalue weighted by atomic mass is 9.99. The summed E-state index contributed by atoms with van der Waals surface area (Å²) >= 11 is 0. The van der Waals surface area contributed by atoms with Gasteiger partial charge in [-0.25, -0.2) is 5.06 Å². The number of nitrogens with zero attached hydrogens (tertiary/aromatic N) is 1. The van der Waals surface area contributed by atoms with Gasteiger partial charge in [0.1, 0.15) is 0 Å². The molecule has 0 aliphatic carbocycles. The molecule has 0 saturated carbocycles. The molecule has 1 aliphatic rings. The SMILES string of the molecule is CCC(C)(N)C(=O)N1CCCCO1. The molecule has 0 bridgehead atoms. The van der Waals surface area contributed by atoms with E-state index in [2.05, 4.69) is 0 Å². The number of carbonyl (C=O) groups excluding carboxylic acids is 1. The van der Waals surface area contributed by atoms with Crippen molar-refractivity contribution in [1.82, 2.24) is 5.06 Å². The van der Waals surface area contributed by atoms with Crippen LogP contribution in [0.5, 0.6) is 0 Å². The van der Waals surface area contributed by atoms with Crippen molar-refractivity contribution in [2.75, 3.05) is 13.2 Å². The molecular formula is C9H18N2O2. The van der Waals surface area contributed by atoms with Crippen LogP contribution >= 0.6 is 0 Å². The van der Waals surface area contributed by atoms with Crippen LogP contribution in [0.1, 0.15) is 33.1 Å². The van der Waals surface area contributed by atoms with Gasteiger partial charge in [0.05, 0.1) is 12.1 Å². The lowest BCUT2D eigenvalue weighted by Crippen LogP contribution is -2.53. The number of amides is 1. The summed E-state index contributed by atoms with van der Waals surface area (Å²) in [6.07, 6.45) is 2.66. The molecule has 2 N–H and O–H groups in total. The smallest absolute Gasteiger partial charge is 0.265 e. The molecule has 0 aromatic rings. The summed E-state index contributed by atoms with van der Waals surface area (Å²) in [7, 11) is 0. The molecule has 1 aliphatic heterocycles. The molecule has 1 heterocycles. The fraction of sp³-hybridized carbons (Fsp3) is 0.889. The Balaban J connectivity index is 2.55. The predicted octanol–water partition coefficient (Wildman–Crippen LogP) is 0.668. The van der Waals surface area contributed by atoms with E-state index < -0.39 is 5.54 Å². The highest BCUT2D eigenvalue weighted by Gasteiger charge is 2.32. The highest BCUT2D eigenvalue weighted by atomic mass is 16.7. The van der Waals surface area contributed by atoms with Crippen LogP contribution < -0.4 is 5.73 Å². The van der Waals surface area contributed by atoms with Crippen LogP contribution in [-0.2, 0) is 9.63 Å². The fourth-order valence-corrected chi connectivity index (χ4v) is 1.19. The molecule has 1 unspecified atom stereocenters. The van der Waals surface area contributed by atoms with E-state index in [4.69, 9.17) is 10.6 Å². The Morgan fingerprint density at radius 3 is 2.77 bits per heavy atom. The molecular weight excluding hydrogens is 168 g/mol. The van der Waals surface area contributed by atoms with E-state index in [0.717, 1.165) is 12.8 Å². The van der Waals surface area contributed by atoms with Gasteiger partial charge < -0.3 is 5.73 Å². The molecule has 0 aromatic carbocycles. The third-order valence-corrected chi connectivity index (χ3v) is 2.45. The number of carbonyl (C=O) groups is 1. The first-order valence-electron chi connectivity index (χ1n) is 4.81. The van der Waals surface area contributed by atoms with Crippen molar-refractivity contribution in [2.24, 2.45) is 5.73 Å². The molecule has 0 spiro atoms. The zero-order valence-corrected chi connectivity index (χ0v) is 8.38. The van der Waals surface area contributed by atoms with Crippen LogP contribution in [0.3, 0.4) is 0 Å². The highest BCUT2D eigenvalue weighted by molar-refractivity contribution is 5.84. The van der Waals surface area contributed by atoms with Crippen molar-refractivity contribution < 1.29 is 9.63 Å². The van der Waals surface area contributed by atoms with Crippen molar-refractivity contribution in [3.63, 3.8) is 0 Å². The first-order valence-corrected chi connectivity index (χ1v) is 4.81. The molecule has 13 heavy (non-hydrogen) atoms. The molecule has 0 aromatic heterocycles. The Morgan fingerprint density at radius 2 is 2.31 bits per heavy atom. The van der Waals surface area contributed by atoms with Crippen molar-refractivity contribution >= 4 is 5.91 Å². The monoisotopic (exact) mass is 186 g/mol. The van der Waals surface area contributed by atoms with E-state index in [0.29, 0.717) is 19.6 Å². The largest absolute Gasteiger partial charge is 0.318 e. The minimum absolute atomic E-state index is 0.102. The number of rotatable bonds is 2. The second-order valence-corrected chi connectivity index (χ2v) is 3.72. The van der Waals surface area contributed by atoms with Crippen molar-refractivity contribution in [3.8, 4) is 0 Å². The quantitative estimate of drug-likeness (QED) is 0.689. The van der Waals surface area contributed by atoms with E-state index in [1.165, 1.54) is 5.06 Å². The molecule has 0 radical (unpaired) electrons. The van der Waals surface area contributed by atoms with Crippen LogP contribution in [0.25, 0.3) is 0 Å². The Labute approximate surface area is 79.0 Å². The van der Waals surface area contributed by atoms with Gasteiger partial charge in [0.25, 0.3) is 5.91 Å². The minimum Gasteiger partial charge on any atom is -0.318 e. The van der Waals surface area contributed by atoms with Crippen molar-refractivity contribution in [1.29, 1.82) is 0 Å². The molecule has 4 heteroatoms. The van der Waals surface area contributed by atoms with Gasteiger partial charge in [-0.3, -0.25) is 9.63 Å². The zero-order chi connectivity index (χ0) is 9.90. The van der Waals surface area contributed by atoms with Gasteiger partial charge in [0, 0.05) is 6.54 Å². The van der Waals surface area contributed by atoms with Crippen LogP contribution in [0, 0.1) is 0 Å². The first-order chi connectivity index (χ1) is 6.08. The third kappa shape index (κ3) is 2.42. The summed E-state index contributed by atoms with van der Waals surface area (Å²) < 4.78 is 0. The van der Waals surface area contributed by atoms with Crippen molar-refractivity contribution in [2.45, 2.75) is 38.6 Å². The van der Waals surface area contributed by atoms with Crippen LogP contribution in [0.4, 0.5) is 0 Å². The molecule has 1 atom stereocenters. The number of hydrogen-bond acceptors (Lipinski definition) is 3. The molecule has 1 fully saturated rings. The Morgan fingerprint density at radius 1 is 1.62 bits per heavy atom.